The molecule has 1 unspecified atom stereocenters. The van der Waals surface area contributed by atoms with Crippen molar-refractivity contribution in [1.82, 2.24) is 9.80 Å². The van der Waals surface area contributed by atoms with Gasteiger partial charge in [0.2, 0.25) is 5.91 Å². The van der Waals surface area contributed by atoms with Gasteiger partial charge in [0.05, 0.1) is 6.04 Å². The van der Waals surface area contributed by atoms with E-state index in [9.17, 15) is 4.79 Å². The summed E-state index contributed by atoms with van der Waals surface area (Å²) < 4.78 is 0. The first-order chi connectivity index (χ1) is 8.45. The van der Waals surface area contributed by atoms with Crippen LogP contribution in [0.3, 0.4) is 0 Å². The number of hydrogen-bond donors (Lipinski definition) is 1. The Morgan fingerprint density at radius 1 is 1.17 bits per heavy atom. The van der Waals surface area contributed by atoms with Gasteiger partial charge in [0.15, 0.2) is 0 Å². The Labute approximate surface area is 111 Å². The molecule has 18 heavy (non-hydrogen) atoms. The molecule has 1 heterocycles. The van der Waals surface area contributed by atoms with Gasteiger partial charge in [0.1, 0.15) is 0 Å². The second kappa shape index (κ2) is 7.10. The third kappa shape index (κ3) is 4.25. The Balaban J connectivity index is 2.40. The lowest BCUT2D eigenvalue weighted by Gasteiger charge is -2.38. The van der Waals surface area contributed by atoms with Gasteiger partial charge in [-0.2, -0.15) is 0 Å². The van der Waals surface area contributed by atoms with E-state index in [1.54, 1.807) is 0 Å². The Morgan fingerprint density at radius 3 is 2.17 bits per heavy atom. The number of nitrogens with zero attached hydrogens (tertiary/aromatic N) is 2. The molecule has 0 spiro atoms. The molecular weight excluding hydrogens is 226 g/mol. The molecule has 1 aliphatic rings. The highest BCUT2D eigenvalue weighted by molar-refractivity contribution is 5.81. The van der Waals surface area contributed by atoms with Crippen LogP contribution in [0.1, 0.15) is 40.5 Å². The zero-order chi connectivity index (χ0) is 13.7. The predicted octanol–water partition coefficient (Wildman–Crippen LogP) is 1.30. The maximum atomic E-state index is 12.2. The summed E-state index contributed by atoms with van der Waals surface area (Å²) >= 11 is 0. The zero-order valence-electron chi connectivity index (χ0n) is 12.4. The maximum Gasteiger partial charge on any atom is 0.239 e. The molecule has 0 saturated carbocycles. The summed E-state index contributed by atoms with van der Waals surface area (Å²) in [6.07, 6.45) is 1.95. The molecule has 106 valence electrons. The van der Waals surface area contributed by atoms with Crippen LogP contribution in [-0.4, -0.2) is 54.0 Å². The summed E-state index contributed by atoms with van der Waals surface area (Å²) in [5.74, 6) is 0.609. The highest BCUT2D eigenvalue weighted by Crippen LogP contribution is 2.11. The lowest BCUT2D eigenvalue weighted by Crippen LogP contribution is -2.54. The quantitative estimate of drug-likeness (QED) is 0.805. The van der Waals surface area contributed by atoms with Crippen molar-refractivity contribution in [3.05, 3.63) is 0 Å². The number of piperazine rings is 1. The monoisotopic (exact) mass is 255 g/mol. The van der Waals surface area contributed by atoms with Gasteiger partial charge in [-0.3, -0.25) is 9.69 Å². The van der Waals surface area contributed by atoms with Gasteiger partial charge in [-0.15, -0.1) is 0 Å². The fraction of sp³-hybridized carbons (Fsp3) is 0.929. The van der Waals surface area contributed by atoms with E-state index in [4.69, 9.17) is 5.73 Å². The van der Waals surface area contributed by atoms with Crippen LogP contribution in [-0.2, 0) is 4.79 Å². The lowest BCUT2D eigenvalue weighted by molar-refractivity contribution is -0.135. The van der Waals surface area contributed by atoms with Crippen molar-refractivity contribution in [2.24, 2.45) is 11.7 Å². The van der Waals surface area contributed by atoms with Crippen molar-refractivity contribution in [1.29, 1.82) is 0 Å². The summed E-state index contributed by atoms with van der Waals surface area (Å²) in [7, 11) is 0. The third-order valence-electron chi connectivity index (χ3n) is 3.88. The van der Waals surface area contributed by atoms with Gasteiger partial charge < -0.3 is 10.6 Å². The standard InChI is InChI=1S/C14H29N3O/c1-5-12(4)16-6-8-17(9-7-16)14(18)13(15)10-11(2)3/h11-13H,5-10,15H2,1-4H3/t12?,13-/m1/s1. The third-order valence-corrected chi connectivity index (χ3v) is 3.88. The van der Waals surface area contributed by atoms with Gasteiger partial charge in [-0.05, 0) is 25.7 Å². The number of carbonyl (C=O) groups excluding carboxylic acids is 1. The average molecular weight is 255 g/mol. The van der Waals surface area contributed by atoms with Crippen molar-refractivity contribution in [3.63, 3.8) is 0 Å². The van der Waals surface area contributed by atoms with E-state index < -0.39 is 0 Å². The van der Waals surface area contributed by atoms with Gasteiger partial charge in [0.25, 0.3) is 0 Å². The molecule has 1 aliphatic heterocycles. The number of carbonyl (C=O) groups is 1. The Kier molecular flexibility index (Phi) is 6.09. The van der Waals surface area contributed by atoms with E-state index in [2.05, 4.69) is 32.6 Å². The minimum absolute atomic E-state index is 0.132. The van der Waals surface area contributed by atoms with Crippen molar-refractivity contribution in [2.75, 3.05) is 26.2 Å². The predicted molar refractivity (Wildman–Crippen MR) is 75.3 cm³/mol. The molecule has 0 radical (unpaired) electrons. The van der Waals surface area contributed by atoms with Crippen LogP contribution in [0.2, 0.25) is 0 Å². The summed E-state index contributed by atoms with van der Waals surface area (Å²) in [5, 5.41) is 0. The van der Waals surface area contributed by atoms with Crippen molar-refractivity contribution >= 4 is 5.91 Å². The fourth-order valence-electron chi connectivity index (χ4n) is 2.48. The number of rotatable bonds is 5. The highest BCUT2D eigenvalue weighted by Gasteiger charge is 2.26. The lowest BCUT2D eigenvalue weighted by atomic mass is 10.0. The summed E-state index contributed by atoms with van der Waals surface area (Å²) in [5.41, 5.74) is 5.96. The van der Waals surface area contributed by atoms with Crippen LogP contribution >= 0.6 is 0 Å². The van der Waals surface area contributed by atoms with Gasteiger partial charge in [-0.1, -0.05) is 20.8 Å². The fourth-order valence-corrected chi connectivity index (χ4v) is 2.48. The zero-order valence-corrected chi connectivity index (χ0v) is 12.4. The van der Waals surface area contributed by atoms with Crippen LogP contribution in [0.4, 0.5) is 0 Å². The second-order valence-electron chi connectivity index (χ2n) is 5.85. The van der Waals surface area contributed by atoms with Crippen LogP contribution in [0.5, 0.6) is 0 Å². The van der Waals surface area contributed by atoms with Crippen LogP contribution in [0.15, 0.2) is 0 Å². The van der Waals surface area contributed by atoms with Crippen molar-refractivity contribution in [2.45, 2.75) is 52.6 Å². The number of amides is 1. The van der Waals surface area contributed by atoms with E-state index >= 15 is 0 Å². The minimum atomic E-state index is -0.319. The second-order valence-corrected chi connectivity index (χ2v) is 5.85. The van der Waals surface area contributed by atoms with Crippen molar-refractivity contribution < 1.29 is 4.79 Å². The molecule has 0 aliphatic carbocycles. The van der Waals surface area contributed by atoms with Gasteiger partial charge >= 0.3 is 0 Å². The summed E-state index contributed by atoms with van der Waals surface area (Å²) in [6, 6.07) is 0.298. The number of hydrogen-bond acceptors (Lipinski definition) is 3. The van der Waals surface area contributed by atoms with E-state index in [1.165, 1.54) is 6.42 Å². The largest absolute Gasteiger partial charge is 0.339 e. The summed E-state index contributed by atoms with van der Waals surface area (Å²) in [6.45, 7) is 12.3. The van der Waals surface area contributed by atoms with Crippen LogP contribution in [0, 0.1) is 5.92 Å². The Morgan fingerprint density at radius 2 is 1.72 bits per heavy atom. The molecule has 1 saturated heterocycles. The molecule has 2 atom stereocenters. The smallest absolute Gasteiger partial charge is 0.239 e. The molecule has 4 heteroatoms. The van der Waals surface area contributed by atoms with Crippen LogP contribution in [0.25, 0.3) is 0 Å². The van der Waals surface area contributed by atoms with Gasteiger partial charge in [-0.25, -0.2) is 0 Å². The molecule has 4 nitrogen and oxygen atoms in total. The van der Waals surface area contributed by atoms with E-state index in [0.29, 0.717) is 12.0 Å². The molecule has 1 fully saturated rings. The first kappa shape index (κ1) is 15.4. The molecule has 0 bridgehead atoms. The maximum absolute atomic E-state index is 12.2. The van der Waals surface area contributed by atoms with Crippen LogP contribution < -0.4 is 5.73 Å². The topological polar surface area (TPSA) is 49.6 Å². The minimum Gasteiger partial charge on any atom is -0.339 e. The van der Waals surface area contributed by atoms with E-state index in [-0.39, 0.29) is 11.9 Å². The summed E-state index contributed by atoms with van der Waals surface area (Å²) in [4.78, 5) is 16.6. The first-order valence-electron chi connectivity index (χ1n) is 7.24. The SMILES string of the molecule is CCC(C)N1CCN(C(=O)[C@H](N)CC(C)C)CC1. The molecule has 2 N–H and O–H groups in total. The van der Waals surface area contributed by atoms with Gasteiger partial charge in [0, 0.05) is 32.2 Å². The molecule has 1 amide bonds. The van der Waals surface area contributed by atoms with E-state index in [0.717, 1.165) is 32.6 Å². The first-order valence-corrected chi connectivity index (χ1v) is 7.24. The van der Waals surface area contributed by atoms with Crippen molar-refractivity contribution in [3.8, 4) is 0 Å². The van der Waals surface area contributed by atoms with E-state index in [1.807, 2.05) is 4.90 Å². The molecule has 0 aromatic rings. The molecular formula is C14H29N3O. The Bertz CT molecular complexity index is 260. The number of nitrogens with two attached hydrogens (primary N) is 1. The molecule has 0 aromatic heterocycles. The molecule has 1 rings (SSSR count). The molecule has 0 aromatic carbocycles. The normalized spacial score (nSPS) is 21.1. The Hall–Kier alpha value is -0.610. The highest BCUT2D eigenvalue weighted by atomic mass is 16.2. The average Bonchev–Trinajstić information content (AvgIpc) is 2.36.